The van der Waals surface area contributed by atoms with Crippen LogP contribution in [-0.2, 0) is 19.5 Å². The van der Waals surface area contributed by atoms with Crippen molar-refractivity contribution in [1.82, 2.24) is 14.7 Å². The Morgan fingerprint density at radius 2 is 2.19 bits per heavy atom. The summed E-state index contributed by atoms with van der Waals surface area (Å²) in [5.41, 5.74) is 2.24. The Morgan fingerprint density at radius 1 is 1.50 bits per heavy atom. The fourth-order valence-corrected chi connectivity index (χ4v) is 2.29. The van der Waals surface area contributed by atoms with Gasteiger partial charge in [-0.1, -0.05) is 6.92 Å². The zero-order valence-corrected chi connectivity index (χ0v) is 11.6. The maximum absolute atomic E-state index is 8.64. The molecule has 0 aliphatic heterocycles. The molecule has 0 atom stereocenters. The van der Waals surface area contributed by atoms with Crippen LogP contribution in [0.3, 0.4) is 0 Å². The van der Waals surface area contributed by atoms with Crippen molar-refractivity contribution in [2.45, 2.75) is 33.4 Å². The number of aryl methyl sites for hydroxylation is 2. The van der Waals surface area contributed by atoms with Crippen molar-refractivity contribution in [2.75, 3.05) is 13.6 Å². The summed E-state index contributed by atoms with van der Waals surface area (Å²) >= 11 is 3.59. The topological polar surface area (TPSA) is 44.9 Å². The SMILES string of the molecule is CCc1nn(CC)c(CN(C)CC#N)c1Br. The van der Waals surface area contributed by atoms with Crippen LogP contribution in [0.1, 0.15) is 25.2 Å². The van der Waals surface area contributed by atoms with E-state index in [9.17, 15) is 0 Å². The van der Waals surface area contributed by atoms with Crippen LogP contribution in [0.15, 0.2) is 4.47 Å². The molecule has 0 aliphatic carbocycles. The molecule has 0 amide bonds. The van der Waals surface area contributed by atoms with Gasteiger partial charge in [0.15, 0.2) is 0 Å². The van der Waals surface area contributed by atoms with Crippen LogP contribution in [0.2, 0.25) is 0 Å². The van der Waals surface area contributed by atoms with Crippen molar-refractivity contribution in [3.8, 4) is 6.07 Å². The number of halogens is 1. The van der Waals surface area contributed by atoms with Crippen LogP contribution in [0.25, 0.3) is 0 Å². The number of hydrogen-bond acceptors (Lipinski definition) is 3. The average Bonchev–Trinajstić information content (AvgIpc) is 2.56. The first-order valence-corrected chi connectivity index (χ1v) is 6.22. The van der Waals surface area contributed by atoms with Crippen molar-refractivity contribution in [3.63, 3.8) is 0 Å². The summed E-state index contributed by atoms with van der Waals surface area (Å²) in [5, 5.41) is 13.2. The third-order valence-corrected chi connectivity index (χ3v) is 3.37. The van der Waals surface area contributed by atoms with Crippen molar-refractivity contribution in [1.29, 1.82) is 5.26 Å². The maximum Gasteiger partial charge on any atom is 0.0866 e. The van der Waals surface area contributed by atoms with E-state index in [1.54, 1.807) is 0 Å². The number of hydrogen-bond donors (Lipinski definition) is 0. The number of nitrogens with zero attached hydrogens (tertiary/aromatic N) is 4. The number of rotatable bonds is 5. The minimum atomic E-state index is 0.433. The van der Waals surface area contributed by atoms with Crippen LogP contribution in [0, 0.1) is 11.3 Å². The van der Waals surface area contributed by atoms with Gasteiger partial charge in [0.1, 0.15) is 0 Å². The molecule has 88 valence electrons. The molecule has 0 unspecified atom stereocenters. The van der Waals surface area contributed by atoms with Crippen LogP contribution < -0.4 is 0 Å². The Hall–Kier alpha value is -0.860. The van der Waals surface area contributed by atoms with Crippen molar-refractivity contribution < 1.29 is 0 Å². The van der Waals surface area contributed by atoms with Gasteiger partial charge in [0, 0.05) is 13.1 Å². The Morgan fingerprint density at radius 3 is 2.69 bits per heavy atom. The molecule has 0 saturated carbocycles. The number of nitriles is 1. The van der Waals surface area contributed by atoms with Crippen LogP contribution in [0.4, 0.5) is 0 Å². The van der Waals surface area contributed by atoms with Gasteiger partial charge in [0.25, 0.3) is 0 Å². The molecule has 1 aromatic heterocycles. The molecule has 0 bridgehead atoms. The van der Waals surface area contributed by atoms with Gasteiger partial charge in [-0.05, 0) is 36.3 Å². The molecule has 16 heavy (non-hydrogen) atoms. The summed E-state index contributed by atoms with van der Waals surface area (Å²) in [7, 11) is 1.94. The van der Waals surface area contributed by atoms with E-state index in [0.717, 1.165) is 35.4 Å². The third-order valence-electron chi connectivity index (χ3n) is 2.45. The third kappa shape index (κ3) is 2.83. The molecule has 4 nitrogen and oxygen atoms in total. The summed E-state index contributed by atoms with van der Waals surface area (Å²) < 4.78 is 3.08. The second-order valence-corrected chi connectivity index (χ2v) is 4.50. The second-order valence-electron chi connectivity index (χ2n) is 3.71. The predicted octanol–water partition coefficient (Wildman–Crippen LogP) is 2.18. The standard InChI is InChI=1S/C11H17BrN4/c1-4-9-11(12)10(16(5-2)14-9)8-15(3)7-6-13/h4-5,7-8H2,1-3H3. The van der Waals surface area contributed by atoms with Crippen molar-refractivity contribution >= 4 is 15.9 Å². The lowest BCUT2D eigenvalue weighted by molar-refractivity contribution is 0.351. The van der Waals surface area contributed by atoms with E-state index in [-0.39, 0.29) is 0 Å². The van der Waals surface area contributed by atoms with Gasteiger partial charge < -0.3 is 0 Å². The largest absolute Gasteiger partial charge is 0.288 e. The van der Waals surface area contributed by atoms with Gasteiger partial charge in [0.2, 0.25) is 0 Å². The zero-order chi connectivity index (χ0) is 12.1. The molecular formula is C11H17BrN4. The molecular weight excluding hydrogens is 268 g/mol. The van der Waals surface area contributed by atoms with Gasteiger partial charge in [-0.25, -0.2) is 0 Å². The predicted molar refractivity (Wildman–Crippen MR) is 66.9 cm³/mol. The molecule has 0 aliphatic rings. The lowest BCUT2D eigenvalue weighted by Gasteiger charge is -2.13. The highest BCUT2D eigenvalue weighted by Crippen LogP contribution is 2.23. The van der Waals surface area contributed by atoms with E-state index < -0.39 is 0 Å². The van der Waals surface area contributed by atoms with E-state index in [4.69, 9.17) is 5.26 Å². The first kappa shape index (κ1) is 13.2. The monoisotopic (exact) mass is 284 g/mol. The second kappa shape index (κ2) is 6.02. The molecule has 5 heteroatoms. The molecule has 0 N–H and O–H groups in total. The highest BCUT2D eigenvalue weighted by molar-refractivity contribution is 9.10. The van der Waals surface area contributed by atoms with Crippen LogP contribution >= 0.6 is 15.9 Å². The van der Waals surface area contributed by atoms with E-state index in [2.05, 4.69) is 40.9 Å². The lowest BCUT2D eigenvalue weighted by Crippen LogP contribution is -2.20. The molecule has 0 radical (unpaired) electrons. The van der Waals surface area contributed by atoms with Gasteiger partial charge in [-0.2, -0.15) is 10.4 Å². The Bertz CT molecular complexity index is 391. The first-order valence-electron chi connectivity index (χ1n) is 5.43. The van der Waals surface area contributed by atoms with E-state index in [0.29, 0.717) is 6.54 Å². The minimum Gasteiger partial charge on any atom is -0.288 e. The van der Waals surface area contributed by atoms with E-state index in [1.807, 2.05) is 16.6 Å². The zero-order valence-electron chi connectivity index (χ0n) is 10.00. The molecule has 1 rings (SSSR count). The molecule has 0 saturated heterocycles. The summed E-state index contributed by atoms with van der Waals surface area (Å²) in [4.78, 5) is 1.98. The summed E-state index contributed by atoms with van der Waals surface area (Å²) in [6, 6.07) is 2.15. The minimum absolute atomic E-state index is 0.433. The van der Waals surface area contributed by atoms with E-state index >= 15 is 0 Å². The molecule has 0 spiro atoms. The van der Waals surface area contributed by atoms with E-state index in [1.165, 1.54) is 0 Å². The highest BCUT2D eigenvalue weighted by atomic mass is 79.9. The molecule has 0 aromatic carbocycles. The fraction of sp³-hybridized carbons (Fsp3) is 0.636. The van der Waals surface area contributed by atoms with Gasteiger partial charge in [-0.3, -0.25) is 9.58 Å². The maximum atomic E-state index is 8.64. The lowest BCUT2D eigenvalue weighted by atomic mass is 10.3. The summed E-state index contributed by atoms with van der Waals surface area (Å²) in [6.45, 7) is 6.20. The highest BCUT2D eigenvalue weighted by Gasteiger charge is 2.14. The Kier molecular flexibility index (Phi) is 4.97. The number of aromatic nitrogens is 2. The molecule has 0 fully saturated rings. The van der Waals surface area contributed by atoms with Crippen LogP contribution in [-0.4, -0.2) is 28.3 Å². The van der Waals surface area contributed by atoms with Gasteiger partial charge in [-0.15, -0.1) is 0 Å². The molecule has 1 aromatic rings. The molecule has 1 heterocycles. The van der Waals surface area contributed by atoms with Crippen LogP contribution in [0.5, 0.6) is 0 Å². The van der Waals surface area contributed by atoms with Gasteiger partial charge >= 0.3 is 0 Å². The summed E-state index contributed by atoms with van der Waals surface area (Å²) in [6.07, 6.45) is 0.919. The smallest absolute Gasteiger partial charge is 0.0866 e. The first-order chi connectivity index (χ1) is 7.63. The quantitative estimate of drug-likeness (QED) is 0.779. The van der Waals surface area contributed by atoms with Crippen molar-refractivity contribution in [2.24, 2.45) is 0 Å². The normalized spacial score (nSPS) is 10.8. The average molecular weight is 285 g/mol. The Labute approximate surface area is 105 Å². The fourth-order valence-electron chi connectivity index (χ4n) is 1.60. The Balaban J connectivity index is 2.93. The summed E-state index contributed by atoms with van der Waals surface area (Å²) in [5.74, 6) is 0. The van der Waals surface area contributed by atoms with Gasteiger partial charge in [0.05, 0.1) is 28.5 Å². The van der Waals surface area contributed by atoms with Crippen molar-refractivity contribution in [3.05, 3.63) is 15.9 Å².